The number of nitrogens with two attached hydrogens (primary N) is 1. The smallest absolute Gasteiger partial charge is 0.542 e. The molecule has 0 bridgehead atoms. The summed E-state index contributed by atoms with van der Waals surface area (Å²) in [6.07, 6.45) is 24.5. The van der Waals surface area contributed by atoms with E-state index in [1.54, 1.807) is 0 Å². The second-order valence-corrected chi connectivity index (χ2v) is 5.97. The van der Waals surface area contributed by atoms with Gasteiger partial charge in [-0.1, -0.05) is 103 Å². The zero-order chi connectivity index (χ0) is 16.7. The van der Waals surface area contributed by atoms with Crippen molar-refractivity contribution in [1.82, 2.24) is 0 Å². The summed E-state index contributed by atoms with van der Waals surface area (Å²) in [5, 5.41) is 7.10. The molecule has 0 aromatic heterocycles. The summed E-state index contributed by atoms with van der Waals surface area (Å²) < 4.78 is 0. The maximum atomic E-state index is 10.0. The summed E-state index contributed by atoms with van der Waals surface area (Å²) in [5.74, 6) is 0. The molecule has 0 saturated heterocycles. The molecule has 0 radical (unpaired) electrons. The van der Waals surface area contributed by atoms with Crippen molar-refractivity contribution in [3.63, 3.8) is 0 Å². The maximum Gasteiger partial charge on any atom is 2.00 e. The third kappa shape index (κ3) is 34.8. The van der Waals surface area contributed by atoms with Gasteiger partial charge >= 0.3 is 48.9 Å². The molecule has 2 N–H and O–H groups in total. The number of nitrogens with zero attached hydrogens (tertiary/aromatic N) is 1. The Labute approximate surface area is 185 Å². The molecule has 0 unspecified atom stereocenters. The van der Waals surface area contributed by atoms with Gasteiger partial charge in [0, 0.05) is 0 Å². The number of hydrogen-bond acceptors (Lipinski definition) is 3. The molecule has 0 aliphatic carbocycles. The van der Waals surface area contributed by atoms with Crippen molar-refractivity contribution in [2.75, 3.05) is 0 Å². The third-order valence-electron chi connectivity index (χ3n) is 3.88. The molecule has 0 aromatic rings. The van der Waals surface area contributed by atoms with E-state index in [1.807, 2.05) is 6.29 Å². The number of hydrogen-bond donors (Lipinski definition) is 1. The standard InChI is InChI=1S/C18H35O.CH2N2.Ba/c1-2-3-4-5-6-7-8-9-10-11-12-13-14-15-16-17-18-19;2-1-3;/h2-17H2,1H3;2H2;/q-1;;+2. The molecule has 0 atom stereocenters. The Morgan fingerprint density at radius 1 is 0.739 bits per heavy atom. The fourth-order valence-corrected chi connectivity index (χ4v) is 2.57. The van der Waals surface area contributed by atoms with Gasteiger partial charge in [0.15, 0.2) is 6.19 Å². The number of unbranched alkanes of at least 4 members (excludes halogenated alkanes) is 15. The summed E-state index contributed by atoms with van der Waals surface area (Å²) in [7, 11) is 0. The number of carbonyl (C=O) groups excluding carboxylic acids is 1. The minimum atomic E-state index is 0. The van der Waals surface area contributed by atoms with Crippen molar-refractivity contribution in [2.24, 2.45) is 5.73 Å². The van der Waals surface area contributed by atoms with Crippen molar-refractivity contribution in [3.8, 4) is 6.19 Å². The Bertz CT molecular complexity index is 242. The molecule has 23 heavy (non-hydrogen) atoms. The van der Waals surface area contributed by atoms with Gasteiger partial charge in [0.25, 0.3) is 0 Å². The number of nitriles is 1. The topological polar surface area (TPSA) is 66.9 Å². The largest absolute Gasteiger partial charge is 2.00 e. The Hall–Kier alpha value is 0.531. The van der Waals surface area contributed by atoms with E-state index < -0.39 is 0 Å². The molecule has 0 aliphatic rings. The Balaban J connectivity index is -0.000000920. The van der Waals surface area contributed by atoms with E-state index in [9.17, 15) is 4.79 Å². The summed E-state index contributed by atoms with van der Waals surface area (Å²) >= 11 is 0. The second kappa shape index (κ2) is 30.4. The summed E-state index contributed by atoms with van der Waals surface area (Å²) in [6.45, 7) is 2.28. The van der Waals surface area contributed by atoms with Gasteiger partial charge in [0.2, 0.25) is 0 Å². The van der Waals surface area contributed by atoms with Gasteiger partial charge in [-0.3, -0.25) is 6.29 Å². The van der Waals surface area contributed by atoms with Crippen molar-refractivity contribution >= 4 is 55.2 Å². The van der Waals surface area contributed by atoms with Crippen LogP contribution in [-0.2, 0) is 4.79 Å². The minimum Gasteiger partial charge on any atom is -0.542 e. The van der Waals surface area contributed by atoms with Crippen LogP contribution < -0.4 is 5.73 Å². The van der Waals surface area contributed by atoms with Crippen LogP contribution in [0.5, 0.6) is 0 Å². The summed E-state index contributed by atoms with van der Waals surface area (Å²) in [4.78, 5) is 10.0. The Morgan fingerprint density at radius 3 is 1.26 bits per heavy atom. The van der Waals surface area contributed by atoms with Crippen molar-refractivity contribution in [2.45, 2.75) is 110 Å². The van der Waals surface area contributed by atoms with Crippen molar-refractivity contribution in [1.29, 1.82) is 5.26 Å². The van der Waals surface area contributed by atoms with Gasteiger partial charge in [-0.05, 0) is 0 Å². The van der Waals surface area contributed by atoms with Crippen LogP contribution in [0.3, 0.4) is 0 Å². The first-order valence-electron chi connectivity index (χ1n) is 9.28. The molecule has 3 nitrogen and oxygen atoms in total. The van der Waals surface area contributed by atoms with Crippen LogP contribution in [0, 0.1) is 11.5 Å². The molecule has 4 heteroatoms. The fraction of sp³-hybridized carbons (Fsp3) is 0.895. The fourth-order valence-electron chi connectivity index (χ4n) is 2.57. The molecule has 0 spiro atoms. The van der Waals surface area contributed by atoms with Gasteiger partial charge in [0.1, 0.15) is 0 Å². The van der Waals surface area contributed by atoms with Crippen LogP contribution in [-0.4, -0.2) is 55.2 Å². The predicted octanol–water partition coefficient (Wildman–Crippen LogP) is 5.40. The van der Waals surface area contributed by atoms with Crippen LogP contribution in [0.1, 0.15) is 110 Å². The molecule has 0 aromatic carbocycles. The average Bonchev–Trinajstić information content (AvgIpc) is 2.52. The zero-order valence-electron chi connectivity index (χ0n) is 15.5. The Kier molecular flexibility index (Phi) is 37.5. The Morgan fingerprint density at radius 2 is 1.00 bits per heavy atom. The number of rotatable bonds is 16. The van der Waals surface area contributed by atoms with E-state index in [0.717, 1.165) is 6.42 Å². The molecule has 0 saturated carbocycles. The summed E-state index contributed by atoms with van der Waals surface area (Å²) in [6, 6.07) is 0. The van der Waals surface area contributed by atoms with Gasteiger partial charge in [-0.25, -0.2) is 0 Å². The quantitative estimate of drug-likeness (QED) is 0.113. The van der Waals surface area contributed by atoms with Crippen LogP contribution in [0.25, 0.3) is 0 Å². The van der Waals surface area contributed by atoms with E-state index in [2.05, 4.69) is 12.7 Å². The van der Waals surface area contributed by atoms with Crippen LogP contribution in [0.2, 0.25) is 0 Å². The van der Waals surface area contributed by atoms with E-state index >= 15 is 0 Å². The third-order valence-corrected chi connectivity index (χ3v) is 3.88. The van der Waals surface area contributed by atoms with E-state index in [-0.39, 0.29) is 48.9 Å². The van der Waals surface area contributed by atoms with E-state index in [1.165, 1.54) is 96.1 Å². The molecule has 0 amide bonds. The molecular formula is C19H37BaN2O+. The molecule has 130 valence electrons. The molecule has 0 heterocycles. The first kappa shape index (κ1) is 28.3. The first-order chi connectivity index (χ1) is 10.8. The van der Waals surface area contributed by atoms with Crippen LogP contribution in [0.4, 0.5) is 0 Å². The monoisotopic (exact) mass is 447 g/mol. The maximum absolute atomic E-state index is 10.0. The normalized spacial score (nSPS) is 9.22. The van der Waals surface area contributed by atoms with Crippen LogP contribution >= 0.6 is 0 Å². The van der Waals surface area contributed by atoms with Gasteiger partial charge in [-0.15, -0.1) is 0 Å². The van der Waals surface area contributed by atoms with E-state index in [4.69, 9.17) is 5.26 Å². The van der Waals surface area contributed by atoms with Gasteiger partial charge in [0.05, 0.1) is 0 Å². The van der Waals surface area contributed by atoms with Crippen molar-refractivity contribution < 1.29 is 4.79 Å². The SMILES string of the molecule is CCCCCCCCCCCCCCCCC[C-]=O.N#CN.[Ba+2]. The van der Waals surface area contributed by atoms with Crippen LogP contribution in [0.15, 0.2) is 0 Å². The molecule has 0 fully saturated rings. The minimum absolute atomic E-state index is 0. The molecule has 0 aliphatic heterocycles. The van der Waals surface area contributed by atoms with E-state index in [0.29, 0.717) is 6.42 Å². The van der Waals surface area contributed by atoms with Gasteiger partial charge < -0.3 is 10.5 Å². The average molecular weight is 447 g/mol. The molecule has 0 rings (SSSR count). The summed E-state index contributed by atoms with van der Waals surface area (Å²) in [5.41, 5.74) is 4.15. The van der Waals surface area contributed by atoms with Crippen molar-refractivity contribution in [3.05, 3.63) is 0 Å². The first-order valence-corrected chi connectivity index (χ1v) is 9.28. The second-order valence-electron chi connectivity index (χ2n) is 5.97. The predicted molar refractivity (Wildman–Crippen MR) is 101 cm³/mol. The van der Waals surface area contributed by atoms with Gasteiger partial charge in [-0.2, -0.15) is 11.7 Å². The molecular weight excluding hydrogens is 410 g/mol. The zero-order valence-corrected chi connectivity index (χ0v) is 19.9.